The minimum absolute atomic E-state index is 0.459. The zero-order valence-electron chi connectivity index (χ0n) is 9.95. The highest BCUT2D eigenvalue weighted by Gasteiger charge is 2.22. The summed E-state index contributed by atoms with van der Waals surface area (Å²) in [7, 11) is 3.44. The van der Waals surface area contributed by atoms with Crippen molar-refractivity contribution in [2.45, 2.75) is 18.9 Å². The first-order valence-electron chi connectivity index (χ1n) is 5.74. The summed E-state index contributed by atoms with van der Waals surface area (Å²) in [5.74, 6) is 0.944. The summed E-state index contributed by atoms with van der Waals surface area (Å²) < 4.78 is 10.3. The molecule has 1 aliphatic carbocycles. The standard InChI is InChI=1S/C13H19NO2/c1-15-8-7-14-13-6-4-10-3-5-11(16-2)9-12(10)13/h3,5,9,13-14H,4,6-8H2,1-2H3. The first-order valence-corrected chi connectivity index (χ1v) is 5.74. The van der Waals surface area contributed by atoms with Gasteiger partial charge in [0.2, 0.25) is 0 Å². The quantitative estimate of drug-likeness (QED) is 0.771. The maximum absolute atomic E-state index is 5.26. The molecule has 0 bridgehead atoms. The number of aryl methyl sites for hydroxylation is 1. The Bertz CT molecular complexity index is 352. The van der Waals surface area contributed by atoms with Crippen LogP contribution in [-0.2, 0) is 11.2 Å². The lowest BCUT2D eigenvalue weighted by Gasteiger charge is -2.14. The first-order chi connectivity index (χ1) is 7.85. The van der Waals surface area contributed by atoms with Crippen LogP contribution in [0.5, 0.6) is 5.75 Å². The minimum atomic E-state index is 0.459. The second-order valence-corrected chi connectivity index (χ2v) is 4.10. The number of methoxy groups -OCH3 is 2. The molecule has 0 spiro atoms. The highest BCUT2D eigenvalue weighted by Crippen LogP contribution is 2.33. The molecule has 0 fully saturated rings. The largest absolute Gasteiger partial charge is 0.497 e. The van der Waals surface area contributed by atoms with Gasteiger partial charge in [-0.3, -0.25) is 0 Å². The molecule has 1 atom stereocenters. The van der Waals surface area contributed by atoms with Gasteiger partial charge in [0.15, 0.2) is 0 Å². The van der Waals surface area contributed by atoms with Crippen LogP contribution in [0.25, 0.3) is 0 Å². The van der Waals surface area contributed by atoms with Crippen molar-refractivity contribution in [2.75, 3.05) is 27.4 Å². The fourth-order valence-electron chi connectivity index (χ4n) is 2.25. The predicted molar refractivity (Wildman–Crippen MR) is 63.9 cm³/mol. The van der Waals surface area contributed by atoms with Crippen LogP contribution in [0.2, 0.25) is 0 Å². The SMILES string of the molecule is COCCNC1CCc2ccc(OC)cc21. The van der Waals surface area contributed by atoms with E-state index in [9.17, 15) is 0 Å². The molecule has 0 saturated carbocycles. The molecule has 0 radical (unpaired) electrons. The molecular weight excluding hydrogens is 202 g/mol. The summed E-state index contributed by atoms with van der Waals surface area (Å²) in [6, 6.07) is 6.82. The van der Waals surface area contributed by atoms with Crippen molar-refractivity contribution in [1.29, 1.82) is 0 Å². The normalized spacial score (nSPS) is 18.5. The Labute approximate surface area is 96.8 Å². The van der Waals surface area contributed by atoms with Gasteiger partial charge in [-0.15, -0.1) is 0 Å². The highest BCUT2D eigenvalue weighted by atomic mass is 16.5. The molecule has 3 heteroatoms. The van der Waals surface area contributed by atoms with E-state index < -0.39 is 0 Å². The Morgan fingerprint density at radius 1 is 1.38 bits per heavy atom. The monoisotopic (exact) mass is 221 g/mol. The van der Waals surface area contributed by atoms with Crippen molar-refractivity contribution in [3.8, 4) is 5.75 Å². The van der Waals surface area contributed by atoms with Gasteiger partial charge < -0.3 is 14.8 Å². The van der Waals surface area contributed by atoms with Crippen molar-refractivity contribution in [2.24, 2.45) is 0 Å². The van der Waals surface area contributed by atoms with Gasteiger partial charge in [0.1, 0.15) is 5.75 Å². The van der Waals surface area contributed by atoms with Crippen LogP contribution in [0, 0.1) is 0 Å². The molecular formula is C13H19NO2. The molecule has 1 aromatic carbocycles. The van der Waals surface area contributed by atoms with Gasteiger partial charge in [0.05, 0.1) is 13.7 Å². The van der Waals surface area contributed by atoms with Crippen molar-refractivity contribution in [3.05, 3.63) is 29.3 Å². The summed E-state index contributed by atoms with van der Waals surface area (Å²) in [5.41, 5.74) is 2.83. The van der Waals surface area contributed by atoms with Crippen molar-refractivity contribution in [3.63, 3.8) is 0 Å². The Balaban J connectivity index is 2.05. The average Bonchev–Trinajstić information content (AvgIpc) is 2.72. The van der Waals surface area contributed by atoms with Gasteiger partial charge >= 0.3 is 0 Å². The number of hydrogen-bond donors (Lipinski definition) is 1. The van der Waals surface area contributed by atoms with E-state index in [0.717, 1.165) is 25.3 Å². The molecule has 2 rings (SSSR count). The van der Waals surface area contributed by atoms with Crippen molar-refractivity contribution >= 4 is 0 Å². The van der Waals surface area contributed by atoms with E-state index in [-0.39, 0.29) is 0 Å². The van der Waals surface area contributed by atoms with Gasteiger partial charge in [-0.25, -0.2) is 0 Å². The van der Waals surface area contributed by atoms with Crippen LogP contribution < -0.4 is 10.1 Å². The lowest BCUT2D eigenvalue weighted by Crippen LogP contribution is -2.23. The third-order valence-corrected chi connectivity index (χ3v) is 3.13. The van der Waals surface area contributed by atoms with E-state index in [1.165, 1.54) is 17.5 Å². The molecule has 0 amide bonds. The van der Waals surface area contributed by atoms with E-state index >= 15 is 0 Å². The molecule has 3 nitrogen and oxygen atoms in total. The van der Waals surface area contributed by atoms with Crippen LogP contribution in [0.3, 0.4) is 0 Å². The molecule has 88 valence electrons. The fourth-order valence-corrected chi connectivity index (χ4v) is 2.25. The Hall–Kier alpha value is -1.06. The zero-order chi connectivity index (χ0) is 11.4. The summed E-state index contributed by atoms with van der Waals surface area (Å²) in [6.45, 7) is 1.66. The molecule has 1 N–H and O–H groups in total. The molecule has 0 aliphatic heterocycles. The summed E-state index contributed by atoms with van der Waals surface area (Å²) in [6.07, 6.45) is 2.33. The van der Waals surface area contributed by atoms with Crippen LogP contribution >= 0.6 is 0 Å². The second kappa shape index (κ2) is 5.32. The van der Waals surface area contributed by atoms with Gasteiger partial charge in [-0.1, -0.05) is 6.07 Å². The van der Waals surface area contributed by atoms with Crippen LogP contribution in [-0.4, -0.2) is 27.4 Å². The minimum Gasteiger partial charge on any atom is -0.497 e. The highest BCUT2D eigenvalue weighted by molar-refractivity contribution is 5.40. The number of ether oxygens (including phenoxy) is 2. The predicted octanol–water partition coefficient (Wildman–Crippen LogP) is 1.92. The topological polar surface area (TPSA) is 30.5 Å². The number of fused-ring (bicyclic) bond motifs is 1. The van der Waals surface area contributed by atoms with E-state index in [1.54, 1.807) is 14.2 Å². The third-order valence-electron chi connectivity index (χ3n) is 3.13. The van der Waals surface area contributed by atoms with Gasteiger partial charge in [0, 0.05) is 19.7 Å². The van der Waals surface area contributed by atoms with Gasteiger partial charge in [0.25, 0.3) is 0 Å². The van der Waals surface area contributed by atoms with Crippen molar-refractivity contribution in [1.82, 2.24) is 5.32 Å². The lowest BCUT2D eigenvalue weighted by molar-refractivity contribution is 0.195. The Morgan fingerprint density at radius 3 is 3.00 bits per heavy atom. The maximum Gasteiger partial charge on any atom is 0.119 e. The third kappa shape index (κ3) is 2.36. The number of nitrogens with one attached hydrogen (secondary N) is 1. The molecule has 1 unspecified atom stereocenters. The van der Waals surface area contributed by atoms with Gasteiger partial charge in [-0.2, -0.15) is 0 Å². The Kier molecular flexibility index (Phi) is 3.80. The summed E-state index contributed by atoms with van der Waals surface area (Å²) in [4.78, 5) is 0. The fraction of sp³-hybridized carbons (Fsp3) is 0.538. The lowest BCUT2D eigenvalue weighted by atomic mass is 10.1. The first kappa shape index (κ1) is 11.4. The zero-order valence-corrected chi connectivity index (χ0v) is 9.95. The number of benzene rings is 1. The number of rotatable bonds is 5. The summed E-state index contributed by atoms with van der Waals surface area (Å²) in [5, 5.41) is 3.51. The smallest absolute Gasteiger partial charge is 0.119 e. The van der Waals surface area contributed by atoms with Crippen molar-refractivity contribution < 1.29 is 9.47 Å². The van der Waals surface area contributed by atoms with Crippen LogP contribution in [0.4, 0.5) is 0 Å². The molecule has 1 aliphatic rings. The molecule has 0 saturated heterocycles. The number of hydrogen-bond acceptors (Lipinski definition) is 3. The summed E-state index contributed by atoms with van der Waals surface area (Å²) >= 11 is 0. The molecule has 16 heavy (non-hydrogen) atoms. The molecule has 0 aromatic heterocycles. The maximum atomic E-state index is 5.26. The molecule has 0 heterocycles. The second-order valence-electron chi connectivity index (χ2n) is 4.10. The van der Waals surface area contributed by atoms with Crippen LogP contribution in [0.15, 0.2) is 18.2 Å². The Morgan fingerprint density at radius 2 is 2.25 bits per heavy atom. The average molecular weight is 221 g/mol. The van der Waals surface area contributed by atoms with E-state index in [2.05, 4.69) is 17.4 Å². The molecule has 1 aromatic rings. The van der Waals surface area contributed by atoms with Crippen LogP contribution in [0.1, 0.15) is 23.6 Å². The van der Waals surface area contributed by atoms with E-state index in [4.69, 9.17) is 9.47 Å². The van der Waals surface area contributed by atoms with E-state index in [1.807, 2.05) is 6.07 Å². The van der Waals surface area contributed by atoms with Gasteiger partial charge in [-0.05, 0) is 36.1 Å². The van der Waals surface area contributed by atoms with E-state index in [0.29, 0.717) is 6.04 Å².